The SMILES string of the molecule is CCC1=CC=CC(C)=CC=C1. The first kappa shape index (κ1) is 8.06. The second-order valence-electron chi connectivity index (χ2n) is 2.72. The van der Waals surface area contributed by atoms with Crippen molar-refractivity contribution in [3.63, 3.8) is 0 Å². The third kappa shape index (κ3) is 2.58. The fraction of sp³-hybridized carbons (Fsp3) is 0.273. The van der Waals surface area contributed by atoms with Crippen molar-refractivity contribution in [3.05, 3.63) is 47.6 Å². The average molecular weight is 146 g/mol. The van der Waals surface area contributed by atoms with E-state index in [1.165, 1.54) is 11.1 Å². The van der Waals surface area contributed by atoms with E-state index in [4.69, 9.17) is 0 Å². The summed E-state index contributed by atoms with van der Waals surface area (Å²) in [6.45, 7) is 4.27. The largest absolute Gasteiger partial charge is 0.0617 e. The van der Waals surface area contributed by atoms with Gasteiger partial charge in [-0.15, -0.1) is 0 Å². The fourth-order valence-electron chi connectivity index (χ4n) is 0.994. The van der Waals surface area contributed by atoms with Crippen molar-refractivity contribution in [2.45, 2.75) is 20.3 Å². The van der Waals surface area contributed by atoms with Crippen LogP contribution in [-0.4, -0.2) is 0 Å². The van der Waals surface area contributed by atoms with Crippen LogP contribution in [0.4, 0.5) is 0 Å². The third-order valence-electron chi connectivity index (χ3n) is 1.75. The third-order valence-corrected chi connectivity index (χ3v) is 1.75. The van der Waals surface area contributed by atoms with Crippen molar-refractivity contribution in [3.8, 4) is 0 Å². The van der Waals surface area contributed by atoms with Crippen LogP contribution in [0.15, 0.2) is 47.6 Å². The summed E-state index contributed by atoms with van der Waals surface area (Å²) in [7, 11) is 0. The topological polar surface area (TPSA) is 0 Å². The summed E-state index contributed by atoms with van der Waals surface area (Å²) in [6.07, 6.45) is 13.9. The first-order valence-electron chi connectivity index (χ1n) is 4.05. The summed E-state index contributed by atoms with van der Waals surface area (Å²) < 4.78 is 0. The van der Waals surface area contributed by atoms with Gasteiger partial charge in [0.25, 0.3) is 0 Å². The Kier molecular flexibility index (Phi) is 2.91. The van der Waals surface area contributed by atoms with Crippen molar-refractivity contribution in [1.82, 2.24) is 0 Å². The molecule has 0 aliphatic heterocycles. The molecule has 0 aromatic heterocycles. The highest BCUT2D eigenvalue weighted by atomic mass is 13.9. The highest BCUT2D eigenvalue weighted by Crippen LogP contribution is 2.07. The normalized spacial score (nSPS) is 16.9. The van der Waals surface area contributed by atoms with Gasteiger partial charge in [0.15, 0.2) is 0 Å². The molecule has 0 spiro atoms. The Balaban J connectivity index is 2.79. The first-order chi connectivity index (χ1) is 5.33. The minimum Gasteiger partial charge on any atom is -0.0617 e. The molecule has 1 rings (SSSR count). The standard InChI is InChI=1S/C11H14/c1-3-11-8-4-6-10(2)7-5-9-11/h4-9H,3H2,1-2H3. The molecule has 0 bridgehead atoms. The molecule has 0 N–H and O–H groups in total. The lowest BCUT2D eigenvalue weighted by Gasteiger charge is -1.96. The van der Waals surface area contributed by atoms with Crippen LogP contribution < -0.4 is 0 Å². The molecule has 0 heteroatoms. The molecule has 1 aliphatic rings. The van der Waals surface area contributed by atoms with Gasteiger partial charge in [-0.25, -0.2) is 0 Å². The molecular formula is C11H14. The first-order valence-corrected chi connectivity index (χ1v) is 4.05. The molecule has 0 heterocycles. The van der Waals surface area contributed by atoms with Crippen LogP contribution in [-0.2, 0) is 0 Å². The molecule has 0 nitrogen and oxygen atoms in total. The van der Waals surface area contributed by atoms with Crippen LogP contribution in [0.3, 0.4) is 0 Å². The van der Waals surface area contributed by atoms with E-state index < -0.39 is 0 Å². The second-order valence-corrected chi connectivity index (χ2v) is 2.72. The summed E-state index contributed by atoms with van der Waals surface area (Å²) >= 11 is 0. The Morgan fingerprint density at radius 3 is 2.55 bits per heavy atom. The van der Waals surface area contributed by atoms with Crippen molar-refractivity contribution in [2.75, 3.05) is 0 Å². The Labute approximate surface area is 68.6 Å². The molecule has 1 aliphatic carbocycles. The van der Waals surface area contributed by atoms with Crippen molar-refractivity contribution >= 4 is 0 Å². The van der Waals surface area contributed by atoms with Crippen molar-refractivity contribution in [1.29, 1.82) is 0 Å². The van der Waals surface area contributed by atoms with E-state index in [9.17, 15) is 0 Å². The quantitative estimate of drug-likeness (QED) is 0.532. The highest BCUT2D eigenvalue weighted by Gasteiger charge is 1.87. The molecule has 11 heavy (non-hydrogen) atoms. The molecular weight excluding hydrogens is 132 g/mol. The molecule has 58 valence electrons. The van der Waals surface area contributed by atoms with Crippen molar-refractivity contribution in [2.24, 2.45) is 0 Å². The Bertz CT molecular complexity index is 237. The number of allylic oxidation sites excluding steroid dienone is 8. The lowest BCUT2D eigenvalue weighted by molar-refractivity contribution is 1.15. The van der Waals surface area contributed by atoms with Gasteiger partial charge in [-0.05, 0) is 18.9 Å². The predicted molar refractivity (Wildman–Crippen MR) is 50.4 cm³/mol. The van der Waals surface area contributed by atoms with E-state index >= 15 is 0 Å². The maximum Gasteiger partial charge on any atom is -0.0307 e. The Hall–Kier alpha value is -1.04. The number of rotatable bonds is 1. The van der Waals surface area contributed by atoms with Gasteiger partial charge in [0.1, 0.15) is 0 Å². The van der Waals surface area contributed by atoms with Crippen molar-refractivity contribution < 1.29 is 0 Å². The van der Waals surface area contributed by atoms with Gasteiger partial charge in [0, 0.05) is 0 Å². The monoisotopic (exact) mass is 146 g/mol. The zero-order chi connectivity index (χ0) is 8.10. The molecule has 0 aromatic carbocycles. The zero-order valence-corrected chi connectivity index (χ0v) is 7.17. The lowest BCUT2D eigenvalue weighted by atomic mass is 10.1. The molecule has 0 saturated heterocycles. The van der Waals surface area contributed by atoms with Crippen LogP contribution in [0.25, 0.3) is 0 Å². The molecule has 0 unspecified atom stereocenters. The van der Waals surface area contributed by atoms with Crippen LogP contribution >= 0.6 is 0 Å². The number of hydrogen-bond donors (Lipinski definition) is 0. The molecule has 0 radical (unpaired) electrons. The van der Waals surface area contributed by atoms with E-state index in [0.717, 1.165) is 6.42 Å². The van der Waals surface area contributed by atoms with Crippen LogP contribution in [0.5, 0.6) is 0 Å². The van der Waals surface area contributed by atoms with E-state index in [1.807, 2.05) is 0 Å². The maximum atomic E-state index is 2.17. The van der Waals surface area contributed by atoms with Gasteiger partial charge >= 0.3 is 0 Å². The minimum absolute atomic E-state index is 1.10. The van der Waals surface area contributed by atoms with Crippen LogP contribution in [0, 0.1) is 0 Å². The number of hydrogen-bond acceptors (Lipinski definition) is 0. The fourth-order valence-corrected chi connectivity index (χ4v) is 0.994. The smallest absolute Gasteiger partial charge is 0.0307 e. The highest BCUT2D eigenvalue weighted by molar-refractivity contribution is 5.34. The Morgan fingerprint density at radius 2 is 1.82 bits per heavy atom. The van der Waals surface area contributed by atoms with E-state index in [-0.39, 0.29) is 0 Å². The summed E-state index contributed by atoms with van der Waals surface area (Å²) in [6, 6.07) is 0. The van der Waals surface area contributed by atoms with E-state index in [2.05, 4.69) is 50.3 Å². The Morgan fingerprint density at radius 1 is 1.09 bits per heavy atom. The van der Waals surface area contributed by atoms with Crippen LogP contribution in [0.2, 0.25) is 0 Å². The predicted octanol–water partition coefficient (Wildman–Crippen LogP) is 3.40. The summed E-state index contributed by atoms with van der Waals surface area (Å²) in [5.41, 5.74) is 2.68. The summed E-state index contributed by atoms with van der Waals surface area (Å²) in [5.74, 6) is 0. The van der Waals surface area contributed by atoms with Gasteiger partial charge in [0.2, 0.25) is 0 Å². The molecule has 0 aromatic rings. The second kappa shape index (κ2) is 3.97. The van der Waals surface area contributed by atoms with Gasteiger partial charge in [-0.2, -0.15) is 0 Å². The molecule has 0 amide bonds. The van der Waals surface area contributed by atoms with Gasteiger partial charge < -0.3 is 0 Å². The minimum atomic E-state index is 1.10. The van der Waals surface area contributed by atoms with E-state index in [1.54, 1.807) is 0 Å². The van der Waals surface area contributed by atoms with Gasteiger partial charge in [0.05, 0.1) is 0 Å². The lowest BCUT2D eigenvalue weighted by Crippen LogP contribution is -1.76. The van der Waals surface area contributed by atoms with E-state index in [0.29, 0.717) is 0 Å². The summed E-state index contributed by atoms with van der Waals surface area (Å²) in [4.78, 5) is 0. The molecule has 0 saturated carbocycles. The molecule has 0 fully saturated rings. The molecule has 0 atom stereocenters. The van der Waals surface area contributed by atoms with Crippen LogP contribution in [0.1, 0.15) is 20.3 Å². The zero-order valence-electron chi connectivity index (χ0n) is 7.17. The summed E-state index contributed by atoms with van der Waals surface area (Å²) in [5, 5.41) is 0. The maximum absolute atomic E-state index is 2.17. The van der Waals surface area contributed by atoms with Gasteiger partial charge in [-0.3, -0.25) is 0 Å². The van der Waals surface area contributed by atoms with Gasteiger partial charge in [-0.1, -0.05) is 49.0 Å². The average Bonchev–Trinajstić information content (AvgIpc) is 1.96.